The smallest absolute Gasteiger partial charge is 0.222 e. The third-order valence-corrected chi connectivity index (χ3v) is 1.94. The molecule has 1 aliphatic heterocycles. The molecule has 12 heavy (non-hydrogen) atoms. The lowest BCUT2D eigenvalue weighted by Gasteiger charge is -2.14. The quantitative estimate of drug-likeness (QED) is 0.573. The lowest BCUT2D eigenvalue weighted by molar-refractivity contribution is -0.128. The second-order valence-corrected chi connectivity index (χ2v) is 2.89. The van der Waals surface area contributed by atoms with Crippen LogP contribution >= 0.6 is 0 Å². The van der Waals surface area contributed by atoms with Crippen molar-refractivity contribution < 1.29 is 9.53 Å². The summed E-state index contributed by atoms with van der Waals surface area (Å²) in [5, 5.41) is 0. The molecule has 1 rings (SSSR count). The van der Waals surface area contributed by atoms with Crippen LogP contribution in [0.2, 0.25) is 0 Å². The van der Waals surface area contributed by atoms with Gasteiger partial charge in [0, 0.05) is 26.1 Å². The number of carbonyl (C=O) groups is 1. The third-order valence-electron chi connectivity index (χ3n) is 1.94. The first-order valence-electron chi connectivity index (χ1n) is 4.40. The van der Waals surface area contributed by atoms with Gasteiger partial charge in [-0.25, -0.2) is 0 Å². The van der Waals surface area contributed by atoms with Crippen molar-refractivity contribution in [2.75, 3.05) is 32.8 Å². The first-order chi connectivity index (χ1) is 5.84. The topological polar surface area (TPSA) is 55.6 Å². The lowest BCUT2D eigenvalue weighted by atomic mass is 10.4. The van der Waals surface area contributed by atoms with Crippen LogP contribution in [0.4, 0.5) is 0 Å². The van der Waals surface area contributed by atoms with E-state index in [0.29, 0.717) is 26.2 Å². The normalized spacial score (nSPS) is 17.4. The van der Waals surface area contributed by atoms with Crippen molar-refractivity contribution in [3.63, 3.8) is 0 Å². The average molecular weight is 172 g/mol. The van der Waals surface area contributed by atoms with Gasteiger partial charge in [0.05, 0.1) is 13.2 Å². The van der Waals surface area contributed by atoms with Crippen molar-refractivity contribution >= 4 is 5.91 Å². The standard InChI is InChI=1S/C8H16N2O2/c9-3-6-12-7-5-10-4-1-2-8(10)11/h1-7,9H2. The van der Waals surface area contributed by atoms with E-state index >= 15 is 0 Å². The molecule has 0 aromatic heterocycles. The second kappa shape index (κ2) is 5.11. The number of nitrogens with zero attached hydrogens (tertiary/aromatic N) is 1. The van der Waals surface area contributed by atoms with Crippen LogP contribution in [0.3, 0.4) is 0 Å². The maximum atomic E-state index is 11.1. The Morgan fingerprint density at radius 1 is 1.50 bits per heavy atom. The predicted octanol–water partition coefficient (Wildman–Crippen LogP) is -0.416. The number of likely N-dealkylation sites (tertiary alicyclic amines) is 1. The zero-order valence-corrected chi connectivity index (χ0v) is 7.29. The van der Waals surface area contributed by atoms with Crippen LogP contribution in [0, 0.1) is 0 Å². The van der Waals surface area contributed by atoms with Gasteiger partial charge in [0.2, 0.25) is 5.91 Å². The van der Waals surface area contributed by atoms with Crippen LogP contribution in [0.15, 0.2) is 0 Å². The van der Waals surface area contributed by atoms with E-state index in [-0.39, 0.29) is 5.91 Å². The highest BCUT2D eigenvalue weighted by Crippen LogP contribution is 2.08. The van der Waals surface area contributed by atoms with Crippen LogP contribution in [-0.2, 0) is 9.53 Å². The molecule has 1 aliphatic rings. The number of carbonyl (C=O) groups excluding carboxylic acids is 1. The monoisotopic (exact) mass is 172 g/mol. The number of amides is 1. The largest absolute Gasteiger partial charge is 0.378 e. The Kier molecular flexibility index (Phi) is 4.04. The first-order valence-corrected chi connectivity index (χ1v) is 4.40. The maximum Gasteiger partial charge on any atom is 0.222 e. The molecule has 0 aliphatic carbocycles. The number of nitrogens with two attached hydrogens (primary N) is 1. The summed E-state index contributed by atoms with van der Waals surface area (Å²) in [5.41, 5.74) is 5.24. The van der Waals surface area contributed by atoms with Crippen molar-refractivity contribution in [1.29, 1.82) is 0 Å². The van der Waals surface area contributed by atoms with E-state index in [1.165, 1.54) is 0 Å². The molecule has 4 heteroatoms. The summed E-state index contributed by atoms with van der Waals surface area (Å²) in [4.78, 5) is 12.9. The van der Waals surface area contributed by atoms with Gasteiger partial charge in [-0.2, -0.15) is 0 Å². The molecule has 0 aromatic carbocycles. The van der Waals surface area contributed by atoms with Gasteiger partial charge in [0.1, 0.15) is 0 Å². The molecule has 0 unspecified atom stereocenters. The van der Waals surface area contributed by atoms with Gasteiger partial charge in [-0.1, -0.05) is 0 Å². The minimum atomic E-state index is 0.256. The summed E-state index contributed by atoms with van der Waals surface area (Å²) in [6.07, 6.45) is 1.70. The fourth-order valence-electron chi connectivity index (χ4n) is 1.30. The molecule has 4 nitrogen and oxygen atoms in total. The van der Waals surface area contributed by atoms with Crippen LogP contribution in [-0.4, -0.2) is 43.7 Å². The number of ether oxygens (including phenoxy) is 1. The molecule has 0 aromatic rings. The predicted molar refractivity (Wildman–Crippen MR) is 45.7 cm³/mol. The zero-order chi connectivity index (χ0) is 8.81. The van der Waals surface area contributed by atoms with E-state index in [9.17, 15) is 4.79 Å². The first kappa shape index (κ1) is 9.48. The Balaban J connectivity index is 2.02. The van der Waals surface area contributed by atoms with E-state index in [1.807, 2.05) is 4.90 Å². The Hall–Kier alpha value is -0.610. The number of hydrogen-bond donors (Lipinski definition) is 1. The summed E-state index contributed by atoms with van der Waals surface area (Å²) in [6, 6.07) is 0. The maximum absolute atomic E-state index is 11.1. The molecule has 1 amide bonds. The summed E-state index contributed by atoms with van der Waals surface area (Å²) in [6.45, 7) is 3.36. The Bertz CT molecular complexity index is 150. The lowest BCUT2D eigenvalue weighted by Crippen LogP contribution is -2.29. The summed E-state index contributed by atoms with van der Waals surface area (Å²) in [7, 11) is 0. The van der Waals surface area contributed by atoms with Gasteiger partial charge in [-0.3, -0.25) is 4.79 Å². The minimum absolute atomic E-state index is 0.256. The molecular weight excluding hydrogens is 156 g/mol. The molecule has 0 radical (unpaired) electrons. The SMILES string of the molecule is NCCOCCN1CCCC1=O. The van der Waals surface area contributed by atoms with Gasteiger partial charge in [0.15, 0.2) is 0 Å². The van der Waals surface area contributed by atoms with Crippen LogP contribution in [0.1, 0.15) is 12.8 Å². The highest BCUT2D eigenvalue weighted by Gasteiger charge is 2.18. The van der Waals surface area contributed by atoms with Gasteiger partial charge in [0.25, 0.3) is 0 Å². The zero-order valence-electron chi connectivity index (χ0n) is 7.29. The molecular formula is C8H16N2O2. The second-order valence-electron chi connectivity index (χ2n) is 2.89. The van der Waals surface area contributed by atoms with E-state index in [0.717, 1.165) is 19.5 Å². The average Bonchev–Trinajstić information content (AvgIpc) is 2.46. The van der Waals surface area contributed by atoms with Crippen molar-refractivity contribution in [1.82, 2.24) is 4.90 Å². The fourth-order valence-corrected chi connectivity index (χ4v) is 1.30. The van der Waals surface area contributed by atoms with E-state index in [2.05, 4.69) is 0 Å². The van der Waals surface area contributed by atoms with Crippen molar-refractivity contribution in [2.45, 2.75) is 12.8 Å². The number of rotatable bonds is 5. The molecule has 70 valence electrons. The summed E-state index contributed by atoms with van der Waals surface area (Å²) >= 11 is 0. The molecule has 1 saturated heterocycles. The Morgan fingerprint density at radius 2 is 2.33 bits per heavy atom. The molecule has 0 bridgehead atoms. The Labute approximate surface area is 72.7 Å². The van der Waals surface area contributed by atoms with E-state index in [1.54, 1.807) is 0 Å². The van der Waals surface area contributed by atoms with Crippen molar-refractivity contribution in [3.05, 3.63) is 0 Å². The van der Waals surface area contributed by atoms with Crippen LogP contribution in [0.25, 0.3) is 0 Å². The Morgan fingerprint density at radius 3 is 2.92 bits per heavy atom. The van der Waals surface area contributed by atoms with Gasteiger partial charge in [-0.05, 0) is 6.42 Å². The molecule has 0 spiro atoms. The molecule has 0 saturated carbocycles. The third kappa shape index (κ3) is 2.79. The van der Waals surface area contributed by atoms with Crippen LogP contribution in [0.5, 0.6) is 0 Å². The molecule has 1 fully saturated rings. The molecule has 1 heterocycles. The molecule has 2 N–H and O–H groups in total. The van der Waals surface area contributed by atoms with Gasteiger partial charge in [-0.15, -0.1) is 0 Å². The summed E-state index contributed by atoms with van der Waals surface area (Å²) in [5.74, 6) is 0.256. The van der Waals surface area contributed by atoms with Crippen molar-refractivity contribution in [3.8, 4) is 0 Å². The number of hydrogen-bond acceptors (Lipinski definition) is 3. The molecule has 0 atom stereocenters. The highest BCUT2D eigenvalue weighted by atomic mass is 16.5. The summed E-state index contributed by atoms with van der Waals surface area (Å²) < 4.78 is 5.17. The minimum Gasteiger partial charge on any atom is -0.378 e. The highest BCUT2D eigenvalue weighted by molar-refractivity contribution is 5.77. The van der Waals surface area contributed by atoms with Crippen LogP contribution < -0.4 is 5.73 Å². The fraction of sp³-hybridized carbons (Fsp3) is 0.875. The van der Waals surface area contributed by atoms with E-state index < -0.39 is 0 Å². The van der Waals surface area contributed by atoms with E-state index in [4.69, 9.17) is 10.5 Å². The van der Waals surface area contributed by atoms with Crippen molar-refractivity contribution in [2.24, 2.45) is 5.73 Å². The van der Waals surface area contributed by atoms with Gasteiger partial charge >= 0.3 is 0 Å². The van der Waals surface area contributed by atoms with Gasteiger partial charge < -0.3 is 15.4 Å².